The van der Waals surface area contributed by atoms with E-state index in [0.717, 1.165) is 42.8 Å². The topological polar surface area (TPSA) is 44.8 Å². The third kappa shape index (κ3) is 5.07. The summed E-state index contributed by atoms with van der Waals surface area (Å²) in [6.45, 7) is 7.39. The lowest BCUT2D eigenvalue weighted by Crippen LogP contribution is -2.56. The summed E-state index contributed by atoms with van der Waals surface area (Å²) in [7, 11) is 2.12. The highest BCUT2D eigenvalue weighted by molar-refractivity contribution is 5.79. The molecule has 2 aliphatic rings. The minimum absolute atomic E-state index is 0.0122. The highest BCUT2D eigenvalue weighted by Gasteiger charge is 2.51. The molecule has 2 fully saturated rings. The summed E-state index contributed by atoms with van der Waals surface area (Å²) < 4.78 is 19.3. The second-order valence-corrected chi connectivity index (χ2v) is 9.71. The van der Waals surface area contributed by atoms with Crippen LogP contribution in [0.15, 0.2) is 48.5 Å². The maximum absolute atomic E-state index is 13.5. The van der Waals surface area contributed by atoms with Crippen LogP contribution in [0.2, 0.25) is 0 Å². The number of carbonyl (C=O) groups is 1. The fourth-order valence-electron chi connectivity index (χ4n) is 4.77. The average Bonchev–Trinajstić information content (AvgIpc) is 3.02. The van der Waals surface area contributed by atoms with Gasteiger partial charge in [0.15, 0.2) is 0 Å². The Bertz CT molecular complexity index is 906. The number of rotatable bonds is 7. The van der Waals surface area contributed by atoms with Crippen LogP contribution >= 0.6 is 0 Å². The van der Waals surface area contributed by atoms with Crippen LogP contribution in [0.4, 0.5) is 9.18 Å². The van der Waals surface area contributed by atoms with Crippen molar-refractivity contribution in [3.8, 4) is 5.75 Å². The molecule has 0 radical (unpaired) electrons. The molecular weight excluding hydrogens is 405 g/mol. The zero-order valence-electron chi connectivity index (χ0n) is 19.3. The Morgan fingerprint density at radius 3 is 2.31 bits per heavy atom. The number of benzene rings is 2. The number of likely N-dealkylation sites (tertiary alicyclic amines) is 1. The minimum atomic E-state index is -0.252. The van der Waals surface area contributed by atoms with Gasteiger partial charge in [-0.25, -0.2) is 9.18 Å². The van der Waals surface area contributed by atoms with Crippen LogP contribution in [0.5, 0.6) is 5.75 Å². The van der Waals surface area contributed by atoms with Gasteiger partial charge >= 0.3 is 6.03 Å². The first-order chi connectivity index (χ1) is 15.3. The van der Waals surface area contributed by atoms with Gasteiger partial charge in [0.2, 0.25) is 0 Å². The van der Waals surface area contributed by atoms with Crippen molar-refractivity contribution in [1.82, 2.24) is 15.1 Å². The third-order valence-electron chi connectivity index (χ3n) is 6.71. The van der Waals surface area contributed by atoms with Gasteiger partial charge < -0.3 is 19.9 Å². The maximum atomic E-state index is 13.5. The first-order valence-corrected chi connectivity index (χ1v) is 11.6. The Kier molecular flexibility index (Phi) is 6.70. The first-order valence-electron chi connectivity index (χ1n) is 11.6. The molecule has 1 N–H and O–H groups in total. The van der Waals surface area contributed by atoms with E-state index >= 15 is 0 Å². The van der Waals surface area contributed by atoms with Gasteiger partial charge in [0.25, 0.3) is 0 Å². The zero-order chi connectivity index (χ0) is 22.7. The standard InChI is InChI=1S/C26H34FN3O2/c1-19(2)18-32-23-10-6-21(7-11-23)17-30-24(16-20-4-8-22(27)9-5-20)26(28-25(30)31)12-14-29(3)15-13-26/h4-11,19,24H,12-18H2,1-3H3,(H,28,31). The molecule has 2 aromatic carbocycles. The second-order valence-electron chi connectivity index (χ2n) is 9.71. The molecule has 5 nitrogen and oxygen atoms in total. The smallest absolute Gasteiger partial charge is 0.318 e. The molecule has 6 heteroatoms. The molecule has 4 rings (SSSR count). The van der Waals surface area contributed by atoms with Gasteiger partial charge in [-0.2, -0.15) is 0 Å². The van der Waals surface area contributed by atoms with Crippen LogP contribution in [-0.2, 0) is 13.0 Å². The predicted octanol–water partition coefficient (Wildman–Crippen LogP) is 4.46. The van der Waals surface area contributed by atoms with Crippen molar-refractivity contribution in [2.45, 2.75) is 51.2 Å². The SMILES string of the molecule is CC(C)COc1ccc(CN2C(=O)NC3(CCN(C)CC3)C2Cc2ccc(F)cc2)cc1. The number of nitrogens with zero attached hydrogens (tertiary/aromatic N) is 2. The van der Waals surface area contributed by atoms with Crippen molar-refractivity contribution in [3.05, 3.63) is 65.5 Å². The molecule has 0 aliphatic carbocycles. The van der Waals surface area contributed by atoms with E-state index in [2.05, 4.69) is 31.1 Å². The van der Waals surface area contributed by atoms with Crippen LogP contribution in [0.1, 0.15) is 37.8 Å². The summed E-state index contributed by atoms with van der Waals surface area (Å²) in [5.74, 6) is 1.09. The Morgan fingerprint density at radius 2 is 1.69 bits per heavy atom. The summed E-state index contributed by atoms with van der Waals surface area (Å²) >= 11 is 0. The lowest BCUT2D eigenvalue weighted by Gasteiger charge is -2.42. The number of hydrogen-bond donors (Lipinski definition) is 1. The summed E-state index contributed by atoms with van der Waals surface area (Å²) in [6.07, 6.45) is 2.54. The number of halogens is 1. The van der Waals surface area contributed by atoms with Gasteiger partial charge in [0.1, 0.15) is 11.6 Å². The lowest BCUT2D eigenvalue weighted by molar-refractivity contribution is 0.123. The first kappa shape index (κ1) is 22.6. The summed E-state index contributed by atoms with van der Waals surface area (Å²) in [4.78, 5) is 17.4. The van der Waals surface area contributed by atoms with E-state index in [9.17, 15) is 9.18 Å². The number of hydrogen-bond acceptors (Lipinski definition) is 3. The Labute approximate surface area is 190 Å². The fraction of sp³-hybridized carbons (Fsp3) is 0.500. The summed E-state index contributed by atoms with van der Waals surface area (Å²) in [5, 5.41) is 3.35. The molecule has 1 spiro atoms. The van der Waals surface area contributed by atoms with Gasteiger partial charge in [-0.3, -0.25) is 0 Å². The summed E-state index contributed by atoms with van der Waals surface area (Å²) in [6, 6.07) is 14.7. The number of carbonyl (C=O) groups excluding carboxylic acids is 1. The molecule has 1 atom stereocenters. The molecule has 32 heavy (non-hydrogen) atoms. The molecular formula is C26H34FN3O2. The second kappa shape index (κ2) is 9.49. The van der Waals surface area contributed by atoms with Crippen molar-refractivity contribution in [2.24, 2.45) is 5.92 Å². The van der Waals surface area contributed by atoms with E-state index in [1.807, 2.05) is 41.3 Å². The predicted molar refractivity (Wildman–Crippen MR) is 124 cm³/mol. The number of piperidine rings is 1. The van der Waals surface area contributed by atoms with Crippen molar-refractivity contribution in [2.75, 3.05) is 26.7 Å². The van der Waals surface area contributed by atoms with E-state index in [0.29, 0.717) is 25.5 Å². The van der Waals surface area contributed by atoms with Crippen LogP contribution in [0.25, 0.3) is 0 Å². The molecule has 2 amide bonds. The molecule has 0 bridgehead atoms. The van der Waals surface area contributed by atoms with Gasteiger partial charge in [0.05, 0.1) is 18.2 Å². The number of ether oxygens (including phenoxy) is 1. The van der Waals surface area contributed by atoms with Crippen LogP contribution in [0, 0.1) is 11.7 Å². The van der Waals surface area contributed by atoms with Crippen molar-refractivity contribution in [1.29, 1.82) is 0 Å². The van der Waals surface area contributed by atoms with Crippen molar-refractivity contribution >= 4 is 6.03 Å². The van der Waals surface area contributed by atoms with Crippen molar-refractivity contribution in [3.63, 3.8) is 0 Å². The van der Waals surface area contributed by atoms with Gasteiger partial charge in [-0.15, -0.1) is 0 Å². The molecule has 1 unspecified atom stereocenters. The normalized spacial score (nSPS) is 20.7. The largest absolute Gasteiger partial charge is 0.493 e. The third-order valence-corrected chi connectivity index (χ3v) is 6.71. The van der Waals surface area contributed by atoms with Crippen LogP contribution in [-0.4, -0.2) is 54.2 Å². The highest BCUT2D eigenvalue weighted by Crippen LogP contribution is 2.36. The monoisotopic (exact) mass is 439 g/mol. The van der Waals surface area contributed by atoms with E-state index in [-0.39, 0.29) is 23.4 Å². The van der Waals surface area contributed by atoms with Crippen molar-refractivity contribution < 1.29 is 13.9 Å². The molecule has 0 saturated carbocycles. The average molecular weight is 440 g/mol. The lowest BCUT2D eigenvalue weighted by atomic mass is 9.79. The Balaban J connectivity index is 1.54. The van der Waals surface area contributed by atoms with Crippen LogP contribution in [0.3, 0.4) is 0 Å². The number of urea groups is 1. The van der Waals surface area contributed by atoms with E-state index in [1.54, 1.807) is 0 Å². The van der Waals surface area contributed by atoms with E-state index < -0.39 is 0 Å². The quantitative estimate of drug-likeness (QED) is 0.693. The minimum Gasteiger partial charge on any atom is -0.493 e. The molecule has 2 aromatic rings. The molecule has 2 saturated heterocycles. The van der Waals surface area contributed by atoms with E-state index in [1.165, 1.54) is 12.1 Å². The Hall–Kier alpha value is -2.60. The molecule has 2 heterocycles. The van der Waals surface area contributed by atoms with Crippen LogP contribution < -0.4 is 10.1 Å². The molecule has 0 aromatic heterocycles. The zero-order valence-corrected chi connectivity index (χ0v) is 19.3. The molecule has 2 aliphatic heterocycles. The van der Waals surface area contributed by atoms with E-state index in [4.69, 9.17) is 4.74 Å². The van der Waals surface area contributed by atoms with Gasteiger partial charge in [-0.1, -0.05) is 38.1 Å². The van der Waals surface area contributed by atoms with Gasteiger partial charge in [0, 0.05) is 19.6 Å². The fourth-order valence-corrected chi connectivity index (χ4v) is 4.77. The number of amides is 2. The maximum Gasteiger partial charge on any atom is 0.318 e. The van der Waals surface area contributed by atoms with Gasteiger partial charge in [-0.05, 0) is 67.6 Å². The molecule has 172 valence electrons. The Morgan fingerprint density at radius 1 is 1.06 bits per heavy atom. The number of nitrogens with one attached hydrogen (secondary N) is 1. The highest BCUT2D eigenvalue weighted by atomic mass is 19.1. The summed E-state index contributed by atoms with van der Waals surface area (Å²) in [5.41, 5.74) is 1.87.